The van der Waals surface area contributed by atoms with E-state index in [9.17, 15) is 15.0 Å². The zero-order valence-corrected chi connectivity index (χ0v) is 16.6. The Morgan fingerprint density at radius 2 is 1.46 bits per heavy atom. The fourth-order valence-electron chi connectivity index (χ4n) is 2.93. The first kappa shape index (κ1) is 25.1. The quantitative estimate of drug-likeness (QED) is 0.607. The van der Waals surface area contributed by atoms with Crippen molar-refractivity contribution in [1.29, 1.82) is 0 Å². The third kappa shape index (κ3) is 9.74. The van der Waals surface area contributed by atoms with Gasteiger partial charge in [-0.3, -0.25) is 0 Å². The molecule has 6 nitrogen and oxygen atoms in total. The highest BCUT2D eigenvalue weighted by Crippen LogP contribution is 2.19. The molecule has 26 heavy (non-hydrogen) atoms. The van der Waals surface area contributed by atoms with Crippen LogP contribution in [-0.2, 0) is 4.74 Å². The first-order valence-electron chi connectivity index (χ1n) is 9.65. The molecule has 156 valence electrons. The van der Waals surface area contributed by atoms with E-state index in [0.29, 0.717) is 25.4 Å². The minimum absolute atomic E-state index is 0. The number of carbonyl (C=O) groups is 1. The molecule has 0 radical (unpaired) electrons. The third-order valence-electron chi connectivity index (χ3n) is 4.91. The summed E-state index contributed by atoms with van der Waals surface area (Å²) in [6.45, 7) is 13.0. The zero-order chi connectivity index (χ0) is 19.0. The third-order valence-corrected chi connectivity index (χ3v) is 4.91. The van der Waals surface area contributed by atoms with Crippen LogP contribution in [0.15, 0.2) is 0 Å². The maximum atomic E-state index is 11.8. The van der Waals surface area contributed by atoms with Crippen LogP contribution in [-0.4, -0.2) is 65.2 Å². The van der Waals surface area contributed by atoms with Gasteiger partial charge < -0.3 is 25.2 Å². The molecule has 2 saturated heterocycles. The van der Waals surface area contributed by atoms with E-state index in [2.05, 4.69) is 12.2 Å². The lowest BCUT2D eigenvalue weighted by atomic mass is 10.0. The summed E-state index contributed by atoms with van der Waals surface area (Å²) in [5.74, 6) is 0.743. The predicted molar refractivity (Wildman–Crippen MR) is 106 cm³/mol. The number of ether oxygens (including phenoxy) is 1. The van der Waals surface area contributed by atoms with Gasteiger partial charge in [0.15, 0.2) is 0 Å². The van der Waals surface area contributed by atoms with E-state index in [4.69, 9.17) is 4.74 Å². The van der Waals surface area contributed by atoms with Crippen LogP contribution in [0.1, 0.15) is 67.7 Å². The van der Waals surface area contributed by atoms with Gasteiger partial charge in [-0.15, -0.1) is 0 Å². The number of rotatable bonds is 0. The zero-order valence-electron chi connectivity index (χ0n) is 16.6. The van der Waals surface area contributed by atoms with Crippen molar-refractivity contribution in [2.45, 2.75) is 85.5 Å². The molecule has 2 aliphatic rings. The Hall–Kier alpha value is -0.850. The summed E-state index contributed by atoms with van der Waals surface area (Å²) in [5.41, 5.74) is -0.451. The molecule has 0 aliphatic carbocycles. The number of hydrogen-bond acceptors (Lipinski definition) is 5. The predicted octanol–water partition coefficient (Wildman–Crippen LogP) is 3.02. The molecular formula is C20H42N2O4. The summed E-state index contributed by atoms with van der Waals surface area (Å²) in [6, 6.07) is 0. The monoisotopic (exact) mass is 374 g/mol. The van der Waals surface area contributed by atoms with E-state index >= 15 is 0 Å². The van der Waals surface area contributed by atoms with Gasteiger partial charge in [-0.2, -0.15) is 0 Å². The average molecular weight is 375 g/mol. The number of aliphatic hydroxyl groups excluding tert-OH is 2. The summed E-state index contributed by atoms with van der Waals surface area (Å²) in [6.07, 6.45) is 2.87. The van der Waals surface area contributed by atoms with Gasteiger partial charge in [0.1, 0.15) is 5.60 Å². The van der Waals surface area contributed by atoms with Gasteiger partial charge in [-0.1, -0.05) is 21.3 Å². The Labute approximate surface area is 160 Å². The first-order chi connectivity index (χ1) is 11.6. The molecule has 0 bridgehead atoms. The molecule has 0 aromatic heterocycles. The van der Waals surface area contributed by atoms with Gasteiger partial charge in [0.05, 0.1) is 12.2 Å². The molecule has 0 aromatic carbocycles. The largest absolute Gasteiger partial charge is 0.444 e. The maximum absolute atomic E-state index is 11.8. The lowest BCUT2D eigenvalue weighted by Crippen LogP contribution is -2.37. The van der Waals surface area contributed by atoms with E-state index in [-0.39, 0.29) is 31.6 Å². The SMILES string of the molecule is C.CC1CCN(C(=O)OC(C)(C)C)CCC1O.CC1CCNCCC1O. The lowest BCUT2D eigenvalue weighted by Gasteiger charge is -2.26. The van der Waals surface area contributed by atoms with Crippen molar-refractivity contribution in [3.63, 3.8) is 0 Å². The summed E-state index contributed by atoms with van der Waals surface area (Å²) in [4.78, 5) is 13.5. The number of likely N-dealkylation sites (tertiary alicyclic amines) is 1. The highest BCUT2D eigenvalue weighted by Gasteiger charge is 2.27. The van der Waals surface area contributed by atoms with Gasteiger partial charge in [-0.25, -0.2) is 4.79 Å². The van der Waals surface area contributed by atoms with Gasteiger partial charge in [-0.05, 0) is 71.4 Å². The smallest absolute Gasteiger partial charge is 0.410 e. The van der Waals surface area contributed by atoms with E-state index < -0.39 is 5.60 Å². The molecule has 4 unspecified atom stereocenters. The van der Waals surface area contributed by atoms with Gasteiger partial charge in [0, 0.05) is 13.1 Å². The number of amides is 1. The second-order valence-electron chi connectivity index (χ2n) is 8.46. The van der Waals surface area contributed by atoms with Crippen LogP contribution in [0.25, 0.3) is 0 Å². The first-order valence-corrected chi connectivity index (χ1v) is 9.65. The van der Waals surface area contributed by atoms with Crippen LogP contribution in [0, 0.1) is 11.8 Å². The average Bonchev–Trinajstić information content (AvgIpc) is 2.79. The van der Waals surface area contributed by atoms with Crippen molar-refractivity contribution in [2.75, 3.05) is 26.2 Å². The summed E-state index contributed by atoms with van der Waals surface area (Å²) < 4.78 is 5.31. The standard InChI is InChI=1S/C12H23NO3.C7H15NO.CH4/c1-9-5-7-13(8-6-10(9)14)11(15)16-12(2,3)4;1-6-2-4-8-5-3-7(6)9;/h9-10,14H,5-8H2,1-4H3;6-9H,2-5H2,1H3;1H4. The van der Waals surface area contributed by atoms with Crippen molar-refractivity contribution >= 4 is 6.09 Å². The number of hydrogen-bond donors (Lipinski definition) is 3. The molecule has 0 aromatic rings. The molecule has 2 rings (SSSR count). The van der Waals surface area contributed by atoms with E-state index in [0.717, 1.165) is 32.4 Å². The van der Waals surface area contributed by atoms with E-state index in [1.165, 1.54) is 0 Å². The Balaban J connectivity index is 0.000000532. The Kier molecular flexibility index (Phi) is 11.4. The molecule has 2 aliphatic heterocycles. The number of aliphatic hydroxyl groups is 2. The van der Waals surface area contributed by atoms with Crippen LogP contribution in [0.5, 0.6) is 0 Å². The fourth-order valence-corrected chi connectivity index (χ4v) is 2.93. The molecule has 0 saturated carbocycles. The van der Waals surface area contributed by atoms with Crippen molar-refractivity contribution in [3.8, 4) is 0 Å². The summed E-state index contributed by atoms with van der Waals surface area (Å²) >= 11 is 0. The van der Waals surface area contributed by atoms with E-state index in [1.807, 2.05) is 27.7 Å². The highest BCUT2D eigenvalue weighted by atomic mass is 16.6. The number of nitrogens with zero attached hydrogens (tertiary/aromatic N) is 1. The molecular weight excluding hydrogens is 332 g/mol. The molecule has 1 amide bonds. The van der Waals surface area contributed by atoms with Gasteiger partial charge in [0.2, 0.25) is 0 Å². The van der Waals surface area contributed by atoms with Gasteiger partial charge >= 0.3 is 6.09 Å². The molecule has 3 N–H and O–H groups in total. The molecule has 2 fully saturated rings. The lowest BCUT2D eigenvalue weighted by molar-refractivity contribution is 0.0251. The molecule has 4 atom stereocenters. The fraction of sp³-hybridized carbons (Fsp3) is 0.950. The summed E-state index contributed by atoms with van der Waals surface area (Å²) in [7, 11) is 0. The normalized spacial score (nSPS) is 30.0. The Morgan fingerprint density at radius 1 is 0.962 bits per heavy atom. The van der Waals surface area contributed by atoms with Crippen LogP contribution < -0.4 is 5.32 Å². The van der Waals surface area contributed by atoms with Crippen LogP contribution in [0.2, 0.25) is 0 Å². The minimum atomic E-state index is -0.451. The Bertz CT molecular complexity index is 376. The van der Waals surface area contributed by atoms with Crippen molar-refractivity contribution < 1.29 is 19.7 Å². The molecule has 2 heterocycles. The van der Waals surface area contributed by atoms with Crippen molar-refractivity contribution in [2.24, 2.45) is 11.8 Å². The van der Waals surface area contributed by atoms with Crippen molar-refractivity contribution in [3.05, 3.63) is 0 Å². The Morgan fingerprint density at radius 3 is 2.08 bits per heavy atom. The van der Waals surface area contributed by atoms with E-state index in [1.54, 1.807) is 4.90 Å². The maximum Gasteiger partial charge on any atom is 0.410 e. The number of carbonyl (C=O) groups excluding carboxylic acids is 1. The molecule has 0 spiro atoms. The molecule has 6 heteroatoms. The van der Waals surface area contributed by atoms with Crippen LogP contribution in [0.3, 0.4) is 0 Å². The van der Waals surface area contributed by atoms with Gasteiger partial charge in [0.25, 0.3) is 0 Å². The minimum Gasteiger partial charge on any atom is -0.444 e. The summed E-state index contributed by atoms with van der Waals surface area (Å²) in [5, 5.41) is 22.3. The van der Waals surface area contributed by atoms with Crippen LogP contribution in [0.4, 0.5) is 4.79 Å². The second-order valence-corrected chi connectivity index (χ2v) is 8.46. The topological polar surface area (TPSA) is 82.0 Å². The van der Waals surface area contributed by atoms with Crippen LogP contribution >= 0.6 is 0 Å². The van der Waals surface area contributed by atoms with Crippen molar-refractivity contribution in [1.82, 2.24) is 10.2 Å². The highest BCUT2D eigenvalue weighted by molar-refractivity contribution is 5.68. The number of nitrogens with one attached hydrogen (secondary N) is 1. The second kappa shape index (κ2) is 11.8.